The molecule has 0 amide bonds. The van der Waals surface area contributed by atoms with Gasteiger partial charge < -0.3 is 0 Å². The zero-order chi connectivity index (χ0) is 31.2. The molecule has 2 nitrogen and oxygen atoms in total. The van der Waals surface area contributed by atoms with Crippen LogP contribution in [0, 0.1) is 0 Å². The van der Waals surface area contributed by atoms with E-state index in [-0.39, 0.29) is 0 Å². The van der Waals surface area contributed by atoms with Crippen LogP contribution < -0.4 is 0 Å². The molecule has 0 bridgehead atoms. The van der Waals surface area contributed by atoms with Crippen LogP contribution in [0.1, 0.15) is 22.3 Å². The van der Waals surface area contributed by atoms with Crippen LogP contribution in [0.25, 0.3) is 55.9 Å². The molecule has 0 saturated heterocycles. The molecule has 6 aromatic carbocycles. The summed E-state index contributed by atoms with van der Waals surface area (Å²) in [6.45, 7) is 0. The molecule has 47 heavy (non-hydrogen) atoms. The average Bonchev–Trinajstić information content (AvgIpc) is 3.93. The van der Waals surface area contributed by atoms with E-state index < -0.39 is 5.41 Å². The Morgan fingerprint density at radius 1 is 0.383 bits per heavy atom. The first-order chi connectivity index (χ1) is 23.3. The minimum Gasteiger partial charge on any atom is -0.245 e. The molecule has 4 heteroatoms. The molecule has 9 rings (SSSR count). The van der Waals surface area contributed by atoms with Crippen LogP contribution in [0.5, 0.6) is 0 Å². The third-order valence-corrected chi connectivity index (χ3v) is 10.6. The van der Waals surface area contributed by atoms with Gasteiger partial charge in [-0.05, 0) is 79.9 Å². The van der Waals surface area contributed by atoms with E-state index in [0.717, 1.165) is 22.5 Å². The second-order valence-corrected chi connectivity index (χ2v) is 13.3. The third kappa shape index (κ3) is 4.60. The van der Waals surface area contributed by atoms with Crippen LogP contribution in [-0.4, -0.2) is 9.97 Å². The smallest absolute Gasteiger partial charge is 0.0811 e. The zero-order valence-electron chi connectivity index (χ0n) is 25.4. The lowest BCUT2D eigenvalue weighted by Crippen LogP contribution is -2.28. The van der Waals surface area contributed by atoms with E-state index in [0.29, 0.717) is 0 Å². The van der Waals surface area contributed by atoms with Crippen LogP contribution in [0.2, 0.25) is 0 Å². The van der Waals surface area contributed by atoms with Crippen LogP contribution in [-0.2, 0) is 5.41 Å². The van der Waals surface area contributed by atoms with Crippen molar-refractivity contribution in [1.29, 1.82) is 0 Å². The number of nitrogens with zero attached hydrogens (tertiary/aromatic N) is 2. The first-order valence-electron chi connectivity index (χ1n) is 15.7. The van der Waals surface area contributed by atoms with Gasteiger partial charge in [0.05, 0.1) is 27.8 Å². The summed E-state index contributed by atoms with van der Waals surface area (Å²) in [6.07, 6.45) is 0. The maximum atomic E-state index is 4.58. The van der Waals surface area contributed by atoms with Crippen molar-refractivity contribution < 1.29 is 0 Å². The lowest BCUT2D eigenvalue weighted by Gasteiger charge is -2.34. The van der Waals surface area contributed by atoms with E-state index in [9.17, 15) is 0 Å². The van der Waals surface area contributed by atoms with Gasteiger partial charge in [-0.25, -0.2) is 9.97 Å². The number of rotatable bonds is 6. The maximum absolute atomic E-state index is 4.58. The predicted octanol–water partition coefficient (Wildman–Crippen LogP) is 11.6. The number of hydrogen-bond acceptors (Lipinski definition) is 4. The van der Waals surface area contributed by atoms with E-state index >= 15 is 0 Å². The van der Waals surface area contributed by atoms with E-state index in [4.69, 9.17) is 0 Å². The highest BCUT2D eigenvalue weighted by atomic mass is 32.1. The van der Waals surface area contributed by atoms with Crippen molar-refractivity contribution in [2.75, 3.05) is 0 Å². The minimum atomic E-state index is -0.502. The Kier molecular flexibility index (Phi) is 6.77. The van der Waals surface area contributed by atoms with Gasteiger partial charge in [0.1, 0.15) is 0 Å². The Balaban J connectivity index is 1.29. The molecule has 0 aliphatic heterocycles. The molecule has 1 aliphatic rings. The molecule has 0 fully saturated rings. The third-order valence-electron chi connectivity index (χ3n) is 9.40. The molecular weight excluding hydrogens is 609 g/mol. The number of aromatic nitrogens is 2. The van der Waals surface area contributed by atoms with Gasteiger partial charge in [-0.3, -0.25) is 0 Å². The van der Waals surface area contributed by atoms with Crippen molar-refractivity contribution >= 4 is 22.7 Å². The number of fused-ring (bicyclic) bond motifs is 3. The van der Waals surface area contributed by atoms with Gasteiger partial charge in [0, 0.05) is 21.9 Å². The first kappa shape index (κ1) is 27.9. The Morgan fingerprint density at radius 3 is 1.23 bits per heavy atom. The molecule has 0 atom stereocenters. The fourth-order valence-corrected chi connectivity index (χ4v) is 8.40. The lowest BCUT2D eigenvalue weighted by molar-refractivity contribution is 0.769. The summed E-state index contributed by atoms with van der Waals surface area (Å²) in [4.78, 5) is 9.15. The Bertz CT molecular complexity index is 2170. The van der Waals surface area contributed by atoms with Crippen molar-refractivity contribution in [3.8, 4) is 55.9 Å². The van der Waals surface area contributed by atoms with Crippen molar-refractivity contribution in [2.24, 2.45) is 0 Å². The molecule has 0 N–H and O–H groups in total. The highest BCUT2D eigenvalue weighted by molar-refractivity contribution is 7.08. The highest BCUT2D eigenvalue weighted by Gasteiger charge is 2.46. The van der Waals surface area contributed by atoms with E-state index in [1.54, 1.807) is 22.7 Å². The standard InChI is InChI=1S/C43H28N2S2/c1-3-13-35(14-4-1)43(36-15-5-2-6-16-36)39-23-31(29-9-7-11-33(21-29)41-25-46-27-44-41)17-19-37(39)38-20-18-32(24-40(38)43)30-10-8-12-34(22-30)42-26-47-28-45-42/h1-28H. The number of thiazole rings is 2. The second-order valence-electron chi connectivity index (χ2n) is 11.9. The van der Waals surface area contributed by atoms with Crippen molar-refractivity contribution in [1.82, 2.24) is 9.97 Å². The summed E-state index contributed by atoms with van der Waals surface area (Å²) in [5.41, 5.74) is 20.0. The lowest BCUT2D eigenvalue weighted by atomic mass is 9.67. The topological polar surface area (TPSA) is 25.8 Å². The summed E-state index contributed by atoms with van der Waals surface area (Å²) in [7, 11) is 0. The number of hydrogen-bond donors (Lipinski definition) is 0. The maximum Gasteiger partial charge on any atom is 0.0811 e. The molecule has 0 unspecified atom stereocenters. The van der Waals surface area contributed by atoms with Gasteiger partial charge in [0.15, 0.2) is 0 Å². The normalized spacial score (nSPS) is 12.9. The first-order valence-corrected chi connectivity index (χ1v) is 17.6. The van der Waals surface area contributed by atoms with Crippen molar-refractivity contribution in [2.45, 2.75) is 5.41 Å². The fourth-order valence-electron chi connectivity index (χ4n) is 7.27. The Hall–Kier alpha value is -5.42. The predicted molar refractivity (Wildman–Crippen MR) is 197 cm³/mol. The monoisotopic (exact) mass is 636 g/mol. The molecule has 0 radical (unpaired) electrons. The SMILES string of the molecule is c1ccc(C2(c3ccccc3)c3cc(-c4cccc(-c5cscn5)c4)ccc3-c3ccc(-c4cccc(-c5cscn5)c4)cc32)cc1. The van der Waals surface area contributed by atoms with Crippen molar-refractivity contribution in [3.63, 3.8) is 0 Å². The van der Waals surface area contributed by atoms with Crippen molar-refractivity contribution in [3.05, 3.63) is 190 Å². The highest BCUT2D eigenvalue weighted by Crippen LogP contribution is 2.57. The van der Waals surface area contributed by atoms with Crippen LogP contribution in [0.4, 0.5) is 0 Å². The van der Waals surface area contributed by atoms with Gasteiger partial charge in [-0.2, -0.15) is 0 Å². The summed E-state index contributed by atoms with van der Waals surface area (Å²) < 4.78 is 0. The van der Waals surface area contributed by atoms with E-state index in [1.165, 1.54) is 55.6 Å². The second kappa shape index (κ2) is 11.4. The van der Waals surface area contributed by atoms with Gasteiger partial charge in [0.25, 0.3) is 0 Å². The summed E-state index contributed by atoms with van der Waals surface area (Å²) in [5.74, 6) is 0. The molecule has 1 aliphatic carbocycles. The summed E-state index contributed by atoms with van der Waals surface area (Å²) in [5, 5.41) is 4.22. The molecular formula is C43H28N2S2. The molecule has 8 aromatic rings. The largest absolute Gasteiger partial charge is 0.245 e. The Labute approximate surface area is 282 Å². The number of benzene rings is 6. The van der Waals surface area contributed by atoms with Gasteiger partial charge in [-0.15, -0.1) is 22.7 Å². The zero-order valence-corrected chi connectivity index (χ0v) is 27.0. The minimum absolute atomic E-state index is 0.502. The Morgan fingerprint density at radius 2 is 0.809 bits per heavy atom. The van der Waals surface area contributed by atoms with Gasteiger partial charge in [-0.1, -0.05) is 121 Å². The molecule has 222 valence electrons. The quantitative estimate of drug-likeness (QED) is 0.181. The van der Waals surface area contributed by atoms with Gasteiger partial charge in [0.2, 0.25) is 0 Å². The molecule has 2 heterocycles. The van der Waals surface area contributed by atoms with Crippen LogP contribution in [0.3, 0.4) is 0 Å². The molecule has 2 aromatic heterocycles. The average molecular weight is 637 g/mol. The van der Waals surface area contributed by atoms with Crippen LogP contribution >= 0.6 is 22.7 Å². The van der Waals surface area contributed by atoms with Crippen LogP contribution in [0.15, 0.2) is 167 Å². The van der Waals surface area contributed by atoms with Gasteiger partial charge >= 0.3 is 0 Å². The van der Waals surface area contributed by atoms with E-state index in [1.807, 2.05) is 11.0 Å². The molecule has 0 saturated carbocycles. The molecule has 0 spiro atoms. The fraction of sp³-hybridized carbons (Fsp3) is 0.0233. The van der Waals surface area contributed by atoms with E-state index in [2.05, 4.69) is 166 Å². The summed E-state index contributed by atoms with van der Waals surface area (Å²) in [6, 6.07) is 53.6. The summed E-state index contributed by atoms with van der Waals surface area (Å²) >= 11 is 3.25.